The molecule has 0 aliphatic rings. The number of carbonyl (C=O) groups is 2. The van der Waals surface area contributed by atoms with Crippen LogP contribution in [0, 0.1) is 5.82 Å². The second-order valence-electron chi connectivity index (χ2n) is 4.78. The van der Waals surface area contributed by atoms with E-state index >= 15 is 0 Å². The topological polar surface area (TPSA) is 46.2 Å². The Balaban J connectivity index is 0.00000139. The van der Waals surface area contributed by atoms with Crippen molar-refractivity contribution in [2.75, 3.05) is 5.32 Å². The zero-order valence-corrected chi connectivity index (χ0v) is 14.8. The Hall–Kier alpha value is -2.20. The van der Waals surface area contributed by atoms with Crippen LogP contribution in [-0.2, 0) is 11.2 Å². The number of rotatable bonds is 5. The Bertz CT molecular complexity index is 716. The number of amides is 1. The predicted molar refractivity (Wildman–Crippen MR) is 96.2 cm³/mol. The van der Waals surface area contributed by atoms with Crippen molar-refractivity contribution in [3.63, 3.8) is 0 Å². The summed E-state index contributed by atoms with van der Waals surface area (Å²) in [5.74, 6) is -1.06. The summed E-state index contributed by atoms with van der Waals surface area (Å²) in [7, 11) is 0. The van der Waals surface area contributed by atoms with E-state index in [9.17, 15) is 14.0 Å². The molecule has 0 aliphatic carbocycles. The molecule has 0 fully saturated rings. The molecule has 24 heavy (non-hydrogen) atoms. The van der Waals surface area contributed by atoms with Gasteiger partial charge in [0.2, 0.25) is 0 Å². The van der Waals surface area contributed by atoms with Crippen molar-refractivity contribution in [2.45, 2.75) is 33.6 Å². The third kappa shape index (κ3) is 5.17. The maximum Gasteiger partial charge on any atom is 0.257 e. The summed E-state index contributed by atoms with van der Waals surface area (Å²) in [4.78, 5) is 24.0. The highest BCUT2D eigenvalue weighted by Crippen LogP contribution is 2.23. The number of ketones is 1. The Kier molecular flexibility index (Phi) is 8.13. The quantitative estimate of drug-likeness (QED) is 0.798. The normalized spacial score (nSPS) is 9.71. The third-order valence-electron chi connectivity index (χ3n) is 3.23. The molecule has 0 aliphatic heterocycles. The standard InChI is InChI=1S/C17H15ClFNO2.C2H6/c1-2-12(21)10-11-6-5-7-13(18)16(11)17(22)20-15-9-4-3-8-14(15)19;1-2/h3-9H,2,10H2,1H3,(H,20,22);1-2H3. The number of benzene rings is 2. The van der Waals surface area contributed by atoms with Crippen LogP contribution in [0.4, 0.5) is 10.1 Å². The fourth-order valence-electron chi connectivity index (χ4n) is 2.06. The van der Waals surface area contributed by atoms with Crippen LogP contribution in [0.25, 0.3) is 0 Å². The van der Waals surface area contributed by atoms with Crippen LogP contribution in [0.15, 0.2) is 42.5 Å². The van der Waals surface area contributed by atoms with Gasteiger partial charge in [-0.25, -0.2) is 4.39 Å². The van der Waals surface area contributed by atoms with E-state index in [0.717, 1.165) is 0 Å². The highest BCUT2D eigenvalue weighted by atomic mass is 35.5. The first kappa shape index (κ1) is 19.8. The summed E-state index contributed by atoms with van der Waals surface area (Å²) in [6.07, 6.45) is 0.498. The molecule has 0 aromatic heterocycles. The molecule has 0 saturated heterocycles. The van der Waals surface area contributed by atoms with E-state index in [1.165, 1.54) is 18.2 Å². The van der Waals surface area contributed by atoms with Gasteiger partial charge >= 0.3 is 0 Å². The van der Waals surface area contributed by atoms with Crippen LogP contribution in [0.5, 0.6) is 0 Å². The Morgan fingerprint density at radius 2 is 1.75 bits per heavy atom. The van der Waals surface area contributed by atoms with Gasteiger partial charge in [0, 0.05) is 12.8 Å². The van der Waals surface area contributed by atoms with E-state index < -0.39 is 11.7 Å². The van der Waals surface area contributed by atoms with Gasteiger partial charge in [0.25, 0.3) is 5.91 Å². The van der Waals surface area contributed by atoms with E-state index in [-0.39, 0.29) is 28.5 Å². The molecule has 1 amide bonds. The number of para-hydroxylation sites is 1. The van der Waals surface area contributed by atoms with Crippen molar-refractivity contribution in [2.24, 2.45) is 0 Å². The van der Waals surface area contributed by atoms with E-state index in [4.69, 9.17) is 11.6 Å². The van der Waals surface area contributed by atoms with Crippen molar-refractivity contribution in [3.8, 4) is 0 Å². The Morgan fingerprint density at radius 1 is 1.08 bits per heavy atom. The third-order valence-corrected chi connectivity index (χ3v) is 3.55. The first-order valence-electron chi connectivity index (χ1n) is 7.88. The lowest BCUT2D eigenvalue weighted by Crippen LogP contribution is -2.17. The van der Waals surface area contributed by atoms with Crippen molar-refractivity contribution >= 4 is 29.0 Å². The van der Waals surface area contributed by atoms with Gasteiger partial charge in [0.05, 0.1) is 16.3 Å². The van der Waals surface area contributed by atoms with Gasteiger partial charge in [0.15, 0.2) is 0 Å². The first-order chi connectivity index (χ1) is 11.5. The molecule has 0 heterocycles. The zero-order chi connectivity index (χ0) is 18.1. The molecule has 0 radical (unpaired) electrons. The largest absolute Gasteiger partial charge is 0.319 e. The lowest BCUT2D eigenvalue weighted by atomic mass is 10.0. The van der Waals surface area contributed by atoms with Crippen LogP contribution in [0.2, 0.25) is 5.02 Å². The first-order valence-corrected chi connectivity index (χ1v) is 8.25. The summed E-state index contributed by atoms with van der Waals surface area (Å²) in [6, 6.07) is 10.8. The van der Waals surface area contributed by atoms with Crippen molar-refractivity contribution in [1.29, 1.82) is 0 Å². The monoisotopic (exact) mass is 349 g/mol. The summed E-state index contributed by atoms with van der Waals surface area (Å²) in [5, 5.41) is 2.72. The number of halogens is 2. The molecule has 0 unspecified atom stereocenters. The summed E-state index contributed by atoms with van der Waals surface area (Å²) in [6.45, 7) is 5.76. The van der Waals surface area contributed by atoms with Crippen LogP contribution < -0.4 is 5.32 Å². The van der Waals surface area contributed by atoms with Crippen molar-refractivity contribution in [1.82, 2.24) is 0 Å². The molecule has 1 N–H and O–H groups in total. The molecule has 0 saturated carbocycles. The van der Waals surface area contributed by atoms with Crippen molar-refractivity contribution < 1.29 is 14.0 Å². The van der Waals surface area contributed by atoms with Crippen molar-refractivity contribution in [3.05, 3.63) is 64.4 Å². The fraction of sp³-hybridized carbons (Fsp3) is 0.263. The minimum absolute atomic E-state index is 0.00204. The maximum atomic E-state index is 13.6. The highest BCUT2D eigenvalue weighted by Gasteiger charge is 2.18. The number of hydrogen-bond donors (Lipinski definition) is 1. The molecular formula is C19H21ClFNO2. The minimum atomic E-state index is -0.533. The van der Waals surface area contributed by atoms with E-state index in [2.05, 4.69) is 5.32 Å². The van der Waals surface area contributed by atoms with Gasteiger partial charge < -0.3 is 5.32 Å². The number of nitrogens with one attached hydrogen (secondary N) is 1. The minimum Gasteiger partial charge on any atom is -0.319 e. The molecule has 0 atom stereocenters. The summed E-state index contributed by atoms with van der Waals surface area (Å²) >= 11 is 6.09. The Labute approximate surface area is 146 Å². The Morgan fingerprint density at radius 3 is 2.38 bits per heavy atom. The number of Topliss-reactive ketones (excluding diaryl/α,β-unsaturated/α-hetero) is 1. The molecule has 3 nitrogen and oxygen atoms in total. The molecule has 2 aromatic carbocycles. The molecule has 0 bridgehead atoms. The number of carbonyl (C=O) groups excluding carboxylic acids is 2. The van der Waals surface area contributed by atoms with Gasteiger partial charge in [-0.2, -0.15) is 0 Å². The second-order valence-corrected chi connectivity index (χ2v) is 5.18. The van der Waals surface area contributed by atoms with Crippen LogP contribution >= 0.6 is 11.6 Å². The summed E-state index contributed by atoms with van der Waals surface area (Å²) in [5.41, 5.74) is 0.808. The molecule has 2 rings (SSSR count). The van der Waals surface area contributed by atoms with Crippen LogP contribution in [-0.4, -0.2) is 11.7 Å². The van der Waals surface area contributed by atoms with Gasteiger partial charge in [-0.1, -0.05) is 56.6 Å². The van der Waals surface area contributed by atoms with Gasteiger partial charge in [-0.05, 0) is 23.8 Å². The summed E-state index contributed by atoms with van der Waals surface area (Å²) < 4.78 is 13.6. The average molecular weight is 350 g/mol. The molecular weight excluding hydrogens is 329 g/mol. The number of anilines is 1. The molecule has 128 valence electrons. The van der Waals surface area contributed by atoms with Gasteiger partial charge in [0.1, 0.15) is 11.6 Å². The molecule has 2 aromatic rings. The molecule has 0 spiro atoms. The van der Waals surface area contributed by atoms with E-state index in [0.29, 0.717) is 12.0 Å². The van der Waals surface area contributed by atoms with Gasteiger partial charge in [-0.15, -0.1) is 0 Å². The van der Waals surface area contributed by atoms with Gasteiger partial charge in [-0.3, -0.25) is 9.59 Å². The average Bonchev–Trinajstić information content (AvgIpc) is 2.58. The van der Waals surface area contributed by atoms with E-state index in [1.807, 2.05) is 13.8 Å². The molecule has 5 heteroatoms. The maximum absolute atomic E-state index is 13.6. The lowest BCUT2D eigenvalue weighted by Gasteiger charge is -2.12. The SMILES string of the molecule is CC.CCC(=O)Cc1cccc(Cl)c1C(=O)Nc1ccccc1F. The van der Waals surface area contributed by atoms with E-state index in [1.54, 1.807) is 31.2 Å². The smallest absolute Gasteiger partial charge is 0.257 e. The number of hydrogen-bond acceptors (Lipinski definition) is 2. The predicted octanol–water partition coefficient (Wildman–Crippen LogP) is 5.28. The second kappa shape index (κ2) is 9.83. The highest BCUT2D eigenvalue weighted by molar-refractivity contribution is 6.34. The van der Waals surface area contributed by atoms with Crippen LogP contribution in [0.1, 0.15) is 43.1 Å². The zero-order valence-electron chi connectivity index (χ0n) is 14.0. The lowest BCUT2D eigenvalue weighted by molar-refractivity contribution is -0.118. The van der Waals surface area contributed by atoms with Crippen LogP contribution in [0.3, 0.4) is 0 Å². The fourth-order valence-corrected chi connectivity index (χ4v) is 2.34.